The fourth-order valence-electron chi connectivity index (χ4n) is 1.78. The van der Waals surface area contributed by atoms with Crippen molar-refractivity contribution in [3.05, 3.63) is 42.0 Å². The second-order valence-corrected chi connectivity index (χ2v) is 4.17. The molecule has 0 unspecified atom stereocenters. The van der Waals surface area contributed by atoms with Crippen molar-refractivity contribution in [2.75, 3.05) is 17.6 Å². The van der Waals surface area contributed by atoms with Crippen molar-refractivity contribution in [2.45, 2.75) is 13.3 Å². The maximum Gasteiger partial charge on any atom is 0.110 e. The molecular weight excluding hydrogens is 212 g/mol. The summed E-state index contributed by atoms with van der Waals surface area (Å²) in [6.45, 7) is 2.85. The number of aromatic nitrogens is 2. The summed E-state index contributed by atoms with van der Waals surface area (Å²) in [5, 5.41) is 3.34. The molecule has 0 saturated carbocycles. The molecule has 0 atom stereocenters. The second-order valence-electron chi connectivity index (χ2n) is 4.17. The monoisotopic (exact) mass is 230 g/mol. The van der Waals surface area contributed by atoms with Gasteiger partial charge in [-0.25, -0.2) is 4.98 Å². The Hall–Kier alpha value is -1.97. The largest absolute Gasteiger partial charge is 0.397 e. The van der Waals surface area contributed by atoms with Crippen LogP contribution in [-0.4, -0.2) is 16.1 Å². The van der Waals surface area contributed by atoms with E-state index in [0.29, 0.717) is 0 Å². The van der Waals surface area contributed by atoms with Gasteiger partial charge in [-0.3, -0.25) is 0 Å². The third kappa shape index (κ3) is 2.58. The van der Waals surface area contributed by atoms with Crippen LogP contribution in [-0.2, 0) is 13.5 Å². The Balaban J connectivity index is 1.95. The van der Waals surface area contributed by atoms with Crippen LogP contribution in [0.4, 0.5) is 11.4 Å². The topological polar surface area (TPSA) is 55.9 Å². The van der Waals surface area contributed by atoms with E-state index >= 15 is 0 Å². The minimum atomic E-state index is 0.826. The normalized spacial score (nSPS) is 10.5. The average molecular weight is 230 g/mol. The van der Waals surface area contributed by atoms with Crippen LogP contribution in [0.3, 0.4) is 0 Å². The third-order valence-corrected chi connectivity index (χ3v) is 2.91. The van der Waals surface area contributed by atoms with Gasteiger partial charge in [0.2, 0.25) is 0 Å². The molecule has 0 aliphatic heterocycles. The smallest absolute Gasteiger partial charge is 0.110 e. The Morgan fingerprint density at radius 1 is 1.41 bits per heavy atom. The molecule has 2 rings (SSSR count). The van der Waals surface area contributed by atoms with Crippen LogP contribution in [0, 0.1) is 6.92 Å². The fraction of sp³-hybridized carbons (Fsp3) is 0.308. The summed E-state index contributed by atoms with van der Waals surface area (Å²) in [5.74, 6) is 1.07. The van der Waals surface area contributed by atoms with Gasteiger partial charge in [-0.15, -0.1) is 0 Å². The molecule has 4 heteroatoms. The van der Waals surface area contributed by atoms with E-state index in [0.717, 1.165) is 35.7 Å². The number of para-hydroxylation sites is 1. The minimum Gasteiger partial charge on any atom is -0.397 e. The maximum absolute atomic E-state index is 5.99. The number of anilines is 2. The predicted molar refractivity (Wildman–Crippen MR) is 71.0 cm³/mol. The zero-order chi connectivity index (χ0) is 12.3. The Morgan fingerprint density at radius 2 is 2.24 bits per heavy atom. The number of nitrogens with two attached hydrogens (primary N) is 1. The summed E-state index contributed by atoms with van der Waals surface area (Å²) in [5.41, 5.74) is 8.92. The first-order valence-electron chi connectivity index (χ1n) is 5.73. The Labute approximate surface area is 101 Å². The van der Waals surface area contributed by atoms with Crippen LogP contribution >= 0.6 is 0 Å². The average Bonchev–Trinajstić information content (AvgIpc) is 2.71. The molecule has 0 aliphatic rings. The van der Waals surface area contributed by atoms with Gasteiger partial charge in [-0.1, -0.05) is 12.1 Å². The van der Waals surface area contributed by atoms with Gasteiger partial charge < -0.3 is 15.6 Å². The van der Waals surface area contributed by atoms with Gasteiger partial charge >= 0.3 is 0 Å². The van der Waals surface area contributed by atoms with E-state index in [-0.39, 0.29) is 0 Å². The van der Waals surface area contributed by atoms with Gasteiger partial charge in [0.25, 0.3) is 0 Å². The van der Waals surface area contributed by atoms with Crippen molar-refractivity contribution in [2.24, 2.45) is 7.05 Å². The summed E-state index contributed by atoms with van der Waals surface area (Å²) in [6, 6.07) is 6.02. The molecular formula is C13H18N4. The number of nitrogens with one attached hydrogen (secondary N) is 1. The standard InChI is InChI=1S/C13H18N4/c1-10-4-3-5-11(13(10)14)15-7-6-12-16-8-9-17(12)2/h3-5,8-9,15H,6-7,14H2,1-2H3. The van der Waals surface area contributed by atoms with Gasteiger partial charge in [0.05, 0.1) is 11.4 Å². The molecule has 2 aromatic rings. The van der Waals surface area contributed by atoms with Crippen LogP contribution in [0.2, 0.25) is 0 Å². The van der Waals surface area contributed by atoms with Crippen molar-refractivity contribution in [1.29, 1.82) is 0 Å². The van der Waals surface area contributed by atoms with Gasteiger partial charge in [-0.05, 0) is 18.6 Å². The molecule has 0 aliphatic carbocycles. The highest BCUT2D eigenvalue weighted by atomic mass is 15.0. The van der Waals surface area contributed by atoms with E-state index in [2.05, 4.69) is 10.3 Å². The first-order valence-corrected chi connectivity index (χ1v) is 5.73. The van der Waals surface area contributed by atoms with E-state index in [1.807, 2.05) is 49.1 Å². The molecule has 0 saturated heterocycles. The molecule has 1 heterocycles. The van der Waals surface area contributed by atoms with E-state index in [1.165, 1.54) is 0 Å². The van der Waals surface area contributed by atoms with E-state index in [4.69, 9.17) is 5.73 Å². The van der Waals surface area contributed by atoms with Crippen LogP contribution in [0.25, 0.3) is 0 Å². The summed E-state index contributed by atoms with van der Waals surface area (Å²) < 4.78 is 2.03. The minimum absolute atomic E-state index is 0.826. The summed E-state index contributed by atoms with van der Waals surface area (Å²) in [4.78, 5) is 4.28. The number of aryl methyl sites for hydroxylation is 2. The maximum atomic E-state index is 5.99. The zero-order valence-electron chi connectivity index (χ0n) is 10.3. The van der Waals surface area contributed by atoms with E-state index in [1.54, 1.807) is 0 Å². The molecule has 3 N–H and O–H groups in total. The van der Waals surface area contributed by atoms with Crippen LogP contribution in [0.15, 0.2) is 30.6 Å². The highest BCUT2D eigenvalue weighted by Crippen LogP contribution is 2.21. The number of hydrogen-bond acceptors (Lipinski definition) is 3. The number of rotatable bonds is 4. The Bertz CT molecular complexity index is 502. The molecule has 0 radical (unpaired) electrons. The number of imidazole rings is 1. The SMILES string of the molecule is Cc1cccc(NCCc2nccn2C)c1N. The Kier molecular flexibility index (Phi) is 3.32. The summed E-state index contributed by atoms with van der Waals surface area (Å²) in [6.07, 6.45) is 4.66. The summed E-state index contributed by atoms with van der Waals surface area (Å²) in [7, 11) is 2.00. The number of nitrogens with zero attached hydrogens (tertiary/aromatic N) is 2. The lowest BCUT2D eigenvalue weighted by molar-refractivity contribution is 0.790. The van der Waals surface area contributed by atoms with Gasteiger partial charge in [0.15, 0.2) is 0 Å². The highest BCUT2D eigenvalue weighted by Gasteiger charge is 2.02. The van der Waals surface area contributed by atoms with Crippen LogP contribution in [0.1, 0.15) is 11.4 Å². The molecule has 90 valence electrons. The van der Waals surface area contributed by atoms with Crippen LogP contribution < -0.4 is 11.1 Å². The van der Waals surface area contributed by atoms with Crippen molar-refractivity contribution in [1.82, 2.24) is 9.55 Å². The highest BCUT2D eigenvalue weighted by molar-refractivity contribution is 5.69. The molecule has 0 bridgehead atoms. The predicted octanol–water partition coefficient (Wildman–Crippen LogP) is 1.97. The summed E-state index contributed by atoms with van der Waals surface area (Å²) >= 11 is 0. The molecule has 1 aromatic heterocycles. The quantitative estimate of drug-likeness (QED) is 0.789. The molecule has 17 heavy (non-hydrogen) atoms. The zero-order valence-corrected chi connectivity index (χ0v) is 10.3. The lowest BCUT2D eigenvalue weighted by Gasteiger charge is -2.10. The lowest BCUT2D eigenvalue weighted by Crippen LogP contribution is -2.10. The van der Waals surface area contributed by atoms with Gasteiger partial charge in [0, 0.05) is 32.4 Å². The lowest BCUT2D eigenvalue weighted by atomic mass is 10.1. The number of nitrogen functional groups attached to an aromatic ring is 1. The molecule has 0 spiro atoms. The molecule has 0 amide bonds. The van der Waals surface area contributed by atoms with Crippen molar-refractivity contribution >= 4 is 11.4 Å². The van der Waals surface area contributed by atoms with Gasteiger partial charge in [-0.2, -0.15) is 0 Å². The molecule has 1 aromatic carbocycles. The van der Waals surface area contributed by atoms with Crippen LogP contribution in [0.5, 0.6) is 0 Å². The number of benzene rings is 1. The Morgan fingerprint density at radius 3 is 2.94 bits per heavy atom. The van der Waals surface area contributed by atoms with Gasteiger partial charge in [0.1, 0.15) is 5.82 Å². The first-order chi connectivity index (χ1) is 8.18. The van der Waals surface area contributed by atoms with Crippen molar-refractivity contribution in [3.63, 3.8) is 0 Å². The number of hydrogen-bond donors (Lipinski definition) is 2. The third-order valence-electron chi connectivity index (χ3n) is 2.91. The first kappa shape index (κ1) is 11.5. The molecule has 0 fully saturated rings. The molecule has 4 nitrogen and oxygen atoms in total. The fourth-order valence-corrected chi connectivity index (χ4v) is 1.78. The second kappa shape index (κ2) is 4.91. The van der Waals surface area contributed by atoms with E-state index < -0.39 is 0 Å². The van der Waals surface area contributed by atoms with Crippen molar-refractivity contribution < 1.29 is 0 Å². The van der Waals surface area contributed by atoms with E-state index in [9.17, 15) is 0 Å². The van der Waals surface area contributed by atoms with Crippen molar-refractivity contribution in [3.8, 4) is 0 Å².